The third kappa shape index (κ3) is 3.64. The third-order valence-electron chi connectivity index (χ3n) is 3.04. The zero-order valence-electron chi connectivity index (χ0n) is 10.5. The Morgan fingerprint density at radius 2 is 2.32 bits per heavy atom. The maximum atomic E-state index is 11.4. The quantitative estimate of drug-likeness (QED) is 0.477. The van der Waals surface area contributed by atoms with Gasteiger partial charge < -0.3 is 10.2 Å². The molecule has 1 saturated heterocycles. The number of nitrogens with one attached hydrogen (secondary N) is 1. The first kappa shape index (κ1) is 13.3. The Bertz CT molecular complexity index is 461. The van der Waals surface area contributed by atoms with Gasteiger partial charge in [0, 0.05) is 32.1 Å². The number of pyridine rings is 1. The van der Waals surface area contributed by atoms with Gasteiger partial charge in [-0.2, -0.15) is 0 Å². The molecule has 0 saturated carbocycles. The zero-order valence-corrected chi connectivity index (χ0v) is 10.5. The highest BCUT2D eigenvalue weighted by Gasteiger charge is 2.18. The molecule has 19 heavy (non-hydrogen) atoms. The van der Waals surface area contributed by atoms with E-state index < -0.39 is 4.92 Å². The van der Waals surface area contributed by atoms with Crippen molar-refractivity contribution in [2.75, 3.05) is 25.0 Å². The lowest BCUT2D eigenvalue weighted by Gasteiger charge is -2.15. The maximum absolute atomic E-state index is 11.4. The molecule has 102 valence electrons. The highest BCUT2D eigenvalue weighted by molar-refractivity contribution is 5.77. The number of hydrogen-bond acceptors (Lipinski definition) is 5. The normalized spacial score (nSPS) is 14.7. The SMILES string of the molecule is O=C1CCCN1CCCNc1ccc([N+](=O)[O-])cn1. The predicted molar refractivity (Wildman–Crippen MR) is 69.8 cm³/mol. The molecule has 1 aromatic heterocycles. The van der Waals surface area contributed by atoms with Crippen LogP contribution in [0.5, 0.6) is 0 Å². The van der Waals surface area contributed by atoms with Gasteiger partial charge in [0.25, 0.3) is 5.69 Å². The fourth-order valence-corrected chi connectivity index (χ4v) is 2.03. The summed E-state index contributed by atoms with van der Waals surface area (Å²) in [5, 5.41) is 13.5. The standard InChI is InChI=1S/C12H16N4O3/c17-12-3-1-7-15(12)8-2-6-13-11-5-4-10(9-14-11)16(18)19/h4-5,9H,1-3,6-8H2,(H,13,14). The molecule has 0 unspecified atom stereocenters. The first-order valence-electron chi connectivity index (χ1n) is 6.29. The first-order chi connectivity index (χ1) is 9.16. The van der Waals surface area contributed by atoms with Gasteiger partial charge in [-0.25, -0.2) is 4.98 Å². The highest BCUT2D eigenvalue weighted by atomic mass is 16.6. The van der Waals surface area contributed by atoms with Gasteiger partial charge in [-0.1, -0.05) is 0 Å². The van der Waals surface area contributed by atoms with Crippen LogP contribution in [0.25, 0.3) is 0 Å². The number of hydrogen-bond donors (Lipinski definition) is 1. The van der Waals surface area contributed by atoms with Crippen molar-refractivity contribution in [3.63, 3.8) is 0 Å². The first-order valence-corrected chi connectivity index (χ1v) is 6.29. The van der Waals surface area contributed by atoms with Gasteiger partial charge >= 0.3 is 0 Å². The van der Waals surface area contributed by atoms with Gasteiger partial charge in [0.2, 0.25) is 5.91 Å². The lowest BCUT2D eigenvalue weighted by molar-refractivity contribution is -0.385. The monoisotopic (exact) mass is 264 g/mol. The van der Waals surface area contributed by atoms with E-state index in [1.165, 1.54) is 12.3 Å². The van der Waals surface area contributed by atoms with Crippen molar-refractivity contribution in [3.05, 3.63) is 28.4 Å². The number of anilines is 1. The molecule has 7 nitrogen and oxygen atoms in total. The Kier molecular flexibility index (Phi) is 4.27. The van der Waals surface area contributed by atoms with Crippen LogP contribution in [-0.4, -0.2) is 40.3 Å². The van der Waals surface area contributed by atoms with E-state index in [4.69, 9.17) is 0 Å². The van der Waals surface area contributed by atoms with Crippen LogP contribution >= 0.6 is 0 Å². The number of aromatic nitrogens is 1. The highest BCUT2D eigenvalue weighted by Crippen LogP contribution is 2.12. The van der Waals surface area contributed by atoms with Crippen molar-refractivity contribution in [3.8, 4) is 0 Å². The Hall–Kier alpha value is -2.18. The largest absolute Gasteiger partial charge is 0.370 e. The topological polar surface area (TPSA) is 88.4 Å². The van der Waals surface area contributed by atoms with Crippen LogP contribution in [0.3, 0.4) is 0 Å². The number of likely N-dealkylation sites (tertiary alicyclic amines) is 1. The summed E-state index contributed by atoms with van der Waals surface area (Å²) in [6.07, 6.45) is 3.68. The molecule has 0 radical (unpaired) electrons. The Morgan fingerprint density at radius 3 is 2.89 bits per heavy atom. The molecule has 1 aromatic rings. The summed E-state index contributed by atoms with van der Waals surface area (Å²) in [6.45, 7) is 2.29. The molecule has 1 aliphatic heterocycles. The van der Waals surface area contributed by atoms with E-state index in [-0.39, 0.29) is 11.6 Å². The van der Waals surface area contributed by atoms with Gasteiger partial charge in [0.1, 0.15) is 12.0 Å². The summed E-state index contributed by atoms with van der Waals surface area (Å²) in [6, 6.07) is 3.00. The molecule has 1 aliphatic rings. The van der Waals surface area contributed by atoms with Crippen LogP contribution in [0, 0.1) is 10.1 Å². The summed E-state index contributed by atoms with van der Waals surface area (Å²) < 4.78 is 0. The fraction of sp³-hybridized carbons (Fsp3) is 0.500. The Morgan fingerprint density at radius 1 is 1.47 bits per heavy atom. The minimum absolute atomic E-state index is 0.0202. The lowest BCUT2D eigenvalue weighted by Crippen LogP contribution is -2.27. The van der Waals surface area contributed by atoms with Gasteiger partial charge in [0.15, 0.2) is 0 Å². The number of amides is 1. The van der Waals surface area contributed by atoms with E-state index in [1.54, 1.807) is 6.07 Å². The van der Waals surface area contributed by atoms with E-state index in [1.807, 2.05) is 4.90 Å². The molecule has 1 fully saturated rings. The van der Waals surface area contributed by atoms with E-state index in [9.17, 15) is 14.9 Å². The van der Waals surface area contributed by atoms with Gasteiger partial charge in [0.05, 0.1) is 4.92 Å². The van der Waals surface area contributed by atoms with E-state index in [0.29, 0.717) is 18.8 Å². The van der Waals surface area contributed by atoms with Crippen molar-refractivity contribution < 1.29 is 9.72 Å². The zero-order chi connectivity index (χ0) is 13.7. The second-order valence-corrected chi connectivity index (χ2v) is 4.42. The summed E-state index contributed by atoms with van der Waals surface area (Å²) in [5.41, 5.74) is -0.0202. The second-order valence-electron chi connectivity index (χ2n) is 4.42. The number of rotatable bonds is 6. The summed E-state index contributed by atoms with van der Waals surface area (Å²) in [5.74, 6) is 0.840. The van der Waals surface area contributed by atoms with Crippen LogP contribution in [-0.2, 0) is 4.79 Å². The van der Waals surface area contributed by atoms with E-state index in [0.717, 1.165) is 25.9 Å². The second kappa shape index (κ2) is 6.12. The summed E-state index contributed by atoms with van der Waals surface area (Å²) >= 11 is 0. The molecule has 0 spiro atoms. The summed E-state index contributed by atoms with van der Waals surface area (Å²) in [7, 11) is 0. The van der Waals surface area contributed by atoms with Crippen molar-refractivity contribution in [1.29, 1.82) is 0 Å². The van der Waals surface area contributed by atoms with E-state index in [2.05, 4.69) is 10.3 Å². The summed E-state index contributed by atoms with van der Waals surface area (Å²) in [4.78, 5) is 27.2. The molecular formula is C12H16N4O3. The van der Waals surface area contributed by atoms with Crippen LogP contribution < -0.4 is 5.32 Å². The number of carbonyl (C=O) groups is 1. The van der Waals surface area contributed by atoms with Gasteiger partial charge in [-0.05, 0) is 18.9 Å². The molecule has 0 aromatic carbocycles. The molecule has 0 bridgehead atoms. The van der Waals surface area contributed by atoms with E-state index >= 15 is 0 Å². The van der Waals surface area contributed by atoms with Gasteiger partial charge in [-0.3, -0.25) is 14.9 Å². The number of carbonyl (C=O) groups excluding carboxylic acids is 1. The molecule has 0 aliphatic carbocycles. The maximum Gasteiger partial charge on any atom is 0.287 e. The van der Waals surface area contributed by atoms with Crippen molar-refractivity contribution in [2.24, 2.45) is 0 Å². The van der Waals surface area contributed by atoms with Crippen molar-refractivity contribution in [1.82, 2.24) is 9.88 Å². The van der Waals surface area contributed by atoms with Crippen LogP contribution in [0.2, 0.25) is 0 Å². The average Bonchev–Trinajstić information content (AvgIpc) is 2.81. The molecule has 1 N–H and O–H groups in total. The van der Waals surface area contributed by atoms with Gasteiger partial charge in [-0.15, -0.1) is 0 Å². The number of nitrogens with zero attached hydrogens (tertiary/aromatic N) is 3. The lowest BCUT2D eigenvalue weighted by atomic mass is 10.3. The fourth-order valence-electron chi connectivity index (χ4n) is 2.03. The molecule has 2 heterocycles. The Labute approximate surface area is 110 Å². The van der Waals surface area contributed by atoms with Crippen molar-refractivity contribution in [2.45, 2.75) is 19.3 Å². The smallest absolute Gasteiger partial charge is 0.287 e. The number of nitro groups is 1. The molecule has 0 atom stereocenters. The van der Waals surface area contributed by atoms with Crippen LogP contribution in [0.15, 0.2) is 18.3 Å². The average molecular weight is 264 g/mol. The van der Waals surface area contributed by atoms with Crippen LogP contribution in [0.1, 0.15) is 19.3 Å². The molecular weight excluding hydrogens is 248 g/mol. The van der Waals surface area contributed by atoms with Crippen molar-refractivity contribution >= 4 is 17.4 Å². The minimum Gasteiger partial charge on any atom is -0.370 e. The molecule has 2 rings (SSSR count). The molecule has 1 amide bonds. The molecule has 7 heteroatoms. The Balaban J connectivity index is 1.70. The predicted octanol–water partition coefficient (Wildman–Crippen LogP) is 1.41. The minimum atomic E-state index is -0.476. The third-order valence-corrected chi connectivity index (χ3v) is 3.04. The van der Waals surface area contributed by atoms with Crippen LogP contribution in [0.4, 0.5) is 11.5 Å².